The van der Waals surface area contributed by atoms with Gasteiger partial charge in [0.1, 0.15) is 0 Å². The van der Waals surface area contributed by atoms with Crippen LogP contribution in [0.3, 0.4) is 0 Å². The van der Waals surface area contributed by atoms with Crippen LogP contribution in [0.15, 0.2) is 32.6 Å². The van der Waals surface area contributed by atoms with Crippen molar-refractivity contribution in [2.75, 3.05) is 12.3 Å². The average Bonchev–Trinajstić information content (AvgIpc) is 2.63. The molecule has 0 unspecified atom stereocenters. The maximum Gasteiger partial charge on any atom is 0.262 e. The molecule has 0 aliphatic heterocycles. The van der Waals surface area contributed by atoms with Gasteiger partial charge in [-0.25, -0.2) is 4.98 Å². The molecule has 0 fully saturated rings. The molecule has 1 heterocycles. The van der Waals surface area contributed by atoms with Gasteiger partial charge in [0.05, 0.1) is 16.7 Å². The lowest BCUT2D eigenvalue weighted by molar-refractivity contribution is -0.118. The molecule has 0 atom stereocenters. The summed E-state index contributed by atoms with van der Waals surface area (Å²) < 4.78 is 2.53. The molecule has 0 aliphatic rings. The minimum absolute atomic E-state index is 0.0142. The van der Waals surface area contributed by atoms with E-state index in [1.165, 1.54) is 24.6 Å². The molecule has 0 saturated heterocycles. The molecule has 1 aromatic heterocycles. The van der Waals surface area contributed by atoms with Crippen LogP contribution in [0.25, 0.3) is 10.9 Å². The Morgan fingerprint density at radius 1 is 1.23 bits per heavy atom. The van der Waals surface area contributed by atoms with Gasteiger partial charge < -0.3 is 5.32 Å². The van der Waals surface area contributed by atoms with Gasteiger partial charge in [0.25, 0.3) is 5.56 Å². The number of carbonyl (C=O) groups is 1. The van der Waals surface area contributed by atoms with E-state index in [1.54, 1.807) is 10.6 Å². The molecular weight excluding hydrogens is 414 g/mol. The maximum absolute atomic E-state index is 12.8. The van der Waals surface area contributed by atoms with Crippen molar-refractivity contribution in [1.29, 1.82) is 0 Å². The Kier molecular flexibility index (Phi) is 8.65. The summed E-state index contributed by atoms with van der Waals surface area (Å²) >= 11 is 4.73. The Balaban J connectivity index is 2.08. The molecule has 2 aromatic rings. The zero-order valence-electron chi connectivity index (χ0n) is 15.4. The Hall–Kier alpha value is -1.34. The smallest absolute Gasteiger partial charge is 0.262 e. The van der Waals surface area contributed by atoms with E-state index in [4.69, 9.17) is 0 Å². The van der Waals surface area contributed by atoms with Crippen LogP contribution in [-0.4, -0.2) is 27.8 Å². The fourth-order valence-corrected chi connectivity index (χ4v) is 3.88. The van der Waals surface area contributed by atoms with Crippen LogP contribution in [-0.2, 0) is 11.3 Å². The molecule has 0 bridgehead atoms. The van der Waals surface area contributed by atoms with E-state index in [9.17, 15) is 9.59 Å². The first-order valence-electron chi connectivity index (χ1n) is 9.16. The lowest BCUT2D eigenvalue weighted by atomic mass is 10.2. The summed E-state index contributed by atoms with van der Waals surface area (Å²) in [6.45, 7) is 5.49. The number of amides is 1. The molecule has 5 nitrogen and oxygen atoms in total. The van der Waals surface area contributed by atoms with Crippen molar-refractivity contribution in [2.24, 2.45) is 0 Å². The first kappa shape index (κ1) is 21.0. The van der Waals surface area contributed by atoms with Gasteiger partial charge in [0.15, 0.2) is 5.16 Å². The number of hydrogen-bond donors (Lipinski definition) is 1. The van der Waals surface area contributed by atoms with Gasteiger partial charge in [-0.2, -0.15) is 0 Å². The lowest BCUT2D eigenvalue weighted by Crippen LogP contribution is -2.27. The topological polar surface area (TPSA) is 64.0 Å². The Labute approximate surface area is 167 Å². The van der Waals surface area contributed by atoms with Crippen molar-refractivity contribution in [3.8, 4) is 0 Å². The highest BCUT2D eigenvalue weighted by Crippen LogP contribution is 2.20. The number of hydrogen-bond acceptors (Lipinski definition) is 4. The number of rotatable bonds is 10. The molecular formula is C19H26BrN3O2S. The van der Waals surface area contributed by atoms with E-state index in [0.717, 1.165) is 23.7 Å². The molecule has 26 heavy (non-hydrogen) atoms. The summed E-state index contributed by atoms with van der Waals surface area (Å²) in [6, 6.07) is 5.50. The standard InChI is InChI=1S/C19H26BrN3O2S/c1-3-5-6-7-10-21-17(24)13-26-19-22-16-9-8-14(20)12-15(16)18(25)23(19)11-4-2/h8-9,12H,3-7,10-11,13H2,1-2H3,(H,21,24). The highest BCUT2D eigenvalue weighted by atomic mass is 79.9. The molecule has 2 rings (SSSR count). The SMILES string of the molecule is CCCCCCNC(=O)CSc1nc2ccc(Br)cc2c(=O)n1CCC. The summed E-state index contributed by atoms with van der Waals surface area (Å²) in [4.78, 5) is 29.5. The quantitative estimate of drug-likeness (QED) is 0.339. The Morgan fingerprint density at radius 3 is 2.77 bits per heavy atom. The monoisotopic (exact) mass is 439 g/mol. The molecule has 0 aliphatic carbocycles. The first-order valence-corrected chi connectivity index (χ1v) is 10.9. The third-order valence-corrected chi connectivity index (χ3v) is 5.48. The molecule has 0 radical (unpaired) electrons. The predicted octanol–water partition coefficient (Wildman–Crippen LogP) is 4.36. The summed E-state index contributed by atoms with van der Waals surface area (Å²) in [5.41, 5.74) is 0.605. The third-order valence-electron chi connectivity index (χ3n) is 4.01. The summed E-state index contributed by atoms with van der Waals surface area (Å²) in [5, 5.41) is 4.14. The number of unbranched alkanes of at least 4 members (excludes halogenated alkanes) is 3. The molecule has 0 saturated carbocycles. The van der Waals surface area contributed by atoms with Crippen molar-refractivity contribution in [2.45, 2.75) is 57.7 Å². The van der Waals surface area contributed by atoms with Crippen LogP contribution in [0, 0.1) is 0 Å². The minimum atomic E-state index is -0.0550. The van der Waals surface area contributed by atoms with E-state index in [-0.39, 0.29) is 17.2 Å². The number of fused-ring (bicyclic) bond motifs is 1. The summed E-state index contributed by atoms with van der Waals surface area (Å²) in [6.07, 6.45) is 5.36. The van der Waals surface area contributed by atoms with Crippen LogP contribution >= 0.6 is 27.7 Å². The minimum Gasteiger partial charge on any atom is -0.355 e. The fourth-order valence-electron chi connectivity index (χ4n) is 2.66. The number of nitrogens with one attached hydrogen (secondary N) is 1. The van der Waals surface area contributed by atoms with Gasteiger partial charge in [-0.3, -0.25) is 14.2 Å². The maximum atomic E-state index is 12.8. The molecule has 0 spiro atoms. The molecule has 7 heteroatoms. The number of thioether (sulfide) groups is 1. The zero-order valence-corrected chi connectivity index (χ0v) is 17.8. The van der Waals surface area contributed by atoms with Crippen molar-refractivity contribution >= 4 is 44.5 Å². The second-order valence-corrected chi connectivity index (χ2v) is 8.07. The van der Waals surface area contributed by atoms with Crippen LogP contribution < -0.4 is 10.9 Å². The second kappa shape index (κ2) is 10.7. The van der Waals surface area contributed by atoms with Crippen molar-refractivity contribution in [1.82, 2.24) is 14.9 Å². The predicted molar refractivity (Wildman–Crippen MR) is 112 cm³/mol. The van der Waals surface area contributed by atoms with Gasteiger partial charge >= 0.3 is 0 Å². The highest BCUT2D eigenvalue weighted by Gasteiger charge is 2.13. The lowest BCUT2D eigenvalue weighted by Gasteiger charge is -2.12. The van der Waals surface area contributed by atoms with Gasteiger partial charge in [-0.1, -0.05) is 60.8 Å². The van der Waals surface area contributed by atoms with Crippen LogP contribution in [0.1, 0.15) is 46.0 Å². The van der Waals surface area contributed by atoms with Crippen LogP contribution in [0.5, 0.6) is 0 Å². The zero-order chi connectivity index (χ0) is 18.9. The van der Waals surface area contributed by atoms with E-state index in [0.29, 0.717) is 29.1 Å². The number of carbonyl (C=O) groups excluding carboxylic acids is 1. The molecule has 1 amide bonds. The number of aromatic nitrogens is 2. The van der Waals surface area contributed by atoms with E-state index in [2.05, 4.69) is 33.2 Å². The molecule has 142 valence electrons. The summed E-state index contributed by atoms with van der Waals surface area (Å²) in [7, 11) is 0. The van der Waals surface area contributed by atoms with Crippen LogP contribution in [0.2, 0.25) is 0 Å². The molecule has 1 aromatic carbocycles. The normalized spacial score (nSPS) is 11.0. The second-order valence-electron chi connectivity index (χ2n) is 6.21. The van der Waals surface area contributed by atoms with Crippen molar-refractivity contribution in [3.63, 3.8) is 0 Å². The third kappa shape index (κ3) is 5.84. The van der Waals surface area contributed by atoms with Crippen LogP contribution in [0.4, 0.5) is 0 Å². The highest BCUT2D eigenvalue weighted by molar-refractivity contribution is 9.10. The number of nitrogens with zero attached hydrogens (tertiary/aromatic N) is 2. The fraction of sp³-hybridized carbons (Fsp3) is 0.526. The average molecular weight is 440 g/mol. The van der Waals surface area contributed by atoms with E-state index < -0.39 is 0 Å². The Morgan fingerprint density at radius 2 is 2.04 bits per heavy atom. The Bertz CT molecular complexity index is 807. The number of benzene rings is 1. The van der Waals surface area contributed by atoms with Gasteiger partial charge in [0.2, 0.25) is 5.91 Å². The van der Waals surface area contributed by atoms with Gasteiger partial charge in [0, 0.05) is 17.6 Å². The van der Waals surface area contributed by atoms with E-state index >= 15 is 0 Å². The first-order chi connectivity index (χ1) is 12.6. The number of halogens is 1. The summed E-state index contributed by atoms with van der Waals surface area (Å²) in [5.74, 6) is 0.256. The van der Waals surface area contributed by atoms with Crippen molar-refractivity contribution < 1.29 is 4.79 Å². The van der Waals surface area contributed by atoms with Crippen molar-refractivity contribution in [3.05, 3.63) is 33.0 Å². The largest absolute Gasteiger partial charge is 0.355 e. The van der Waals surface area contributed by atoms with E-state index in [1.807, 2.05) is 19.1 Å². The van der Waals surface area contributed by atoms with Gasteiger partial charge in [-0.15, -0.1) is 0 Å². The van der Waals surface area contributed by atoms with Gasteiger partial charge in [-0.05, 0) is 31.0 Å². The molecule has 1 N–H and O–H groups in total.